The molecule has 1 N–H and O–H groups in total. The van der Waals surface area contributed by atoms with Crippen LogP contribution in [0.15, 0.2) is 34.3 Å². The lowest BCUT2D eigenvalue weighted by Gasteiger charge is -2.15. The number of rotatable bonds is 10. The number of hydrogen-bond donors (Lipinski definition) is 1. The summed E-state index contributed by atoms with van der Waals surface area (Å²) in [5.41, 5.74) is 9.68. The molecule has 0 aliphatic carbocycles. The number of carbonyl (C=O) groups is 2. The van der Waals surface area contributed by atoms with E-state index in [9.17, 15) is 9.59 Å². The highest BCUT2D eigenvalue weighted by atomic mass is 32.2. The fourth-order valence-corrected chi connectivity index (χ4v) is 3.76. The van der Waals surface area contributed by atoms with E-state index in [1.165, 1.54) is 4.90 Å². The lowest BCUT2D eigenvalue weighted by Crippen LogP contribution is -2.39. The van der Waals surface area contributed by atoms with Crippen molar-refractivity contribution < 1.29 is 19.1 Å². The molecule has 1 fully saturated rings. The van der Waals surface area contributed by atoms with Gasteiger partial charge < -0.3 is 14.8 Å². The molecule has 0 atom stereocenters. The van der Waals surface area contributed by atoms with Gasteiger partial charge in [-0.25, -0.2) is 0 Å². The lowest BCUT2D eigenvalue weighted by molar-refractivity contribution is -0.128. The van der Waals surface area contributed by atoms with Crippen molar-refractivity contribution in [3.63, 3.8) is 0 Å². The first-order valence-electron chi connectivity index (χ1n) is 8.71. The molecule has 1 aliphatic rings. The second-order valence-corrected chi connectivity index (χ2v) is 7.62. The molecule has 0 radical (unpaired) electrons. The number of methoxy groups -OCH3 is 2. The quantitative estimate of drug-likeness (QED) is 0.115. The predicted octanol–water partition coefficient (Wildman–Crippen LogP) is 3.34. The minimum absolute atomic E-state index is 0.129. The van der Waals surface area contributed by atoms with E-state index in [1.54, 1.807) is 44.6 Å². The molecule has 2 amide bonds. The second kappa shape index (κ2) is 11.5. The van der Waals surface area contributed by atoms with E-state index in [4.69, 9.17) is 27.2 Å². The van der Waals surface area contributed by atoms with Gasteiger partial charge >= 0.3 is 0 Å². The summed E-state index contributed by atoms with van der Waals surface area (Å²) in [5.74, 6) is -0.597. The van der Waals surface area contributed by atoms with Gasteiger partial charge in [0.15, 0.2) is 6.29 Å². The Bertz CT molecular complexity index is 833. The molecule has 9 nitrogen and oxygen atoms in total. The molecule has 1 saturated heterocycles. The van der Waals surface area contributed by atoms with Crippen molar-refractivity contribution in [2.75, 3.05) is 27.3 Å². The van der Waals surface area contributed by atoms with Crippen molar-refractivity contribution in [3.8, 4) is 0 Å². The van der Waals surface area contributed by atoms with Crippen molar-refractivity contribution in [3.05, 3.63) is 45.2 Å². The number of amides is 2. The molecule has 0 spiro atoms. The normalized spacial score (nSPS) is 15.1. The van der Waals surface area contributed by atoms with Crippen LogP contribution < -0.4 is 5.32 Å². The van der Waals surface area contributed by atoms with Crippen LogP contribution in [0, 0.1) is 0 Å². The van der Waals surface area contributed by atoms with Gasteiger partial charge in [-0.3, -0.25) is 14.5 Å². The standard InChI is InChI=1S/C18H21N5O4S2/c1-26-16(27-2)4-3-9-20-15(24)11-23-17(25)14(29-18(23)28)10-12-5-7-13(8-6-12)21-22-19/h5-8,10,16H,3-4,9,11H2,1-2H3,(H,20,24). The van der Waals surface area contributed by atoms with Gasteiger partial charge in [0.25, 0.3) is 5.91 Å². The summed E-state index contributed by atoms with van der Waals surface area (Å²) in [5, 5.41) is 6.27. The van der Waals surface area contributed by atoms with E-state index in [1.807, 2.05) is 0 Å². The van der Waals surface area contributed by atoms with Crippen molar-refractivity contribution in [1.29, 1.82) is 0 Å². The largest absolute Gasteiger partial charge is 0.356 e. The van der Waals surface area contributed by atoms with E-state index in [2.05, 4.69) is 15.3 Å². The van der Waals surface area contributed by atoms with E-state index >= 15 is 0 Å². The lowest BCUT2D eigenvalue weighted by atomic mass is 10.2. The number of ether oxygens (including phenoxy) is 2. The van der Waals surface area contributed by atoms with Crippen molar-refractivity contribution >= 4 is 51.9 Å². The Kier molecular flexibility index (Phi) is 9.10. The molecule has 1 aliphatic heterocycles. The van der Waals surface area contributed by atoms with Crippen LogP contribution in [0.25, 0.3) is 16.5 Å². The first-order chi connectivity index (χ1) is 14.0. The number of benzene rings is 1. The fraction of sp³-hybridized carbons (Fsp3) is 0.389. The Hall–Kier alpha value is -2.43. The highest BCUT2D eigenvalue weighted by Crippen LogP contribution is 2.32. The average molecular weight is 436 g/mol. The number of thioether (sulfide) groups is 1. The third kappa shape index (κ3) is 6.84. The first-order valence-corrected chi connectivity index (χ1v) is 9.93. The number of nitrogens with zero attached hydrogens (tertiary/aromatic N) is 4. The summed E-state index contributed by atoms with van der Waals surface area (Å²) in [6, 6.07) is 6.77. The number of hydrogen-bond acceptors (Lipinski definition) is 7. The summed E-state index contributed by atoms with van der Waals surface area (Å²) in [7, 11) is 3.12. The SMILES string of the molecule is COC(CCCNC(=O)CN1C(=O)C(=Cc2ccc(N=[N+]=[N-])cc2)SC1=S)OC. The van der Waals surface area contributed by atoms with Crippen LogP contribution >= 0.6 is 24.0 Å². The molecule has 1 aromatic rings. The summed E-state index contributed by atoms with van der Waals surface area (Å²) in [4.78, 5) is 29.2. The van der Waals surface area contributed by atoms with Crippen LogP contribution in [-0.4, -0.2) is 54.6 Å². The van der Waals surface area contributed by atoms with Crippen LogP contribution in [0.3, 0.4) is 0 Å². The topological polar surface area (TPSA) is 117 Å². The summed E-state index contributed by atoms with van der Waals surface area (Å²) in [6.45, 7) is 0.319. The molecule has 2 rings (SSSR count). The van der Waals surface area contributed by atoms with Gasteiger partial charge in [-0.05, 0) is 23.6 Å². The molecule has 0 bridgehead atoms. The zero-order valence-electron chi connectivity index (χ0n) is 16.0. The Morgan fingerprint density at radius 3 is 2.69 bits per heavy atom. The molecule has 154 valence electrons. The van der Waals surface area contributed by atoms with Crippen molar-refractivity contribution in [2.24, 2.45) is 5.11 Å². The minimum Gasteiger partial charge on any atom is -0.356 e. The van der Waals surface area contributed by atoms with E-state index < -0.39 is 0 Å². The van der Waals surface area contributed by atoms with Crippen molar-refractivity contribution in [1.82, 2.24) is 10.2 Å². The van der Waals surface area contributed by atoms with Gasteiger partial charge in [0.05, 0.1) is 4.91 Å². The molecule has 11 heteroatoms. The van der Waals surface area contributed by atoms with Gasteiger partial charge in [0.1, 0.15) is 10.9 Å². The molecular formula is C18H21N5O4S2. The van der Waals surface area contributed by atoms with Crippen LogP contribution in [-0.2, 0) is 19.1 Å². The van der Waals surface area contributed by atoms with E-state index in [-0.39, 0.29) is 24.6 Å². The van der Waals surface area contributed by atoms with Crippen LogP contribution in [0.5, 0.6) is 0 Å². The van der Waals surface area contributed by atoms with Crippen molar-refractivity contribution in [2.45, 2.75) is 19.1 Å². The molecule has 1 aromatic carbocycles. The average Bonchev–Trinajstić information content (AvgIpc) is 2.97. The van der Waals surface area contributed by atoms with Crippen LogP contribution in [0.1, 0.15) is 18.4 Å². The molecule has 0 unspecified atom stereocenters. The van der Waals surface area contributed by atoms with Gasteiger partial charge in [0, 0.05) is 37.8 Å². The first kappa shape index (κ1) is 22.9. The predicted molar refractivity (Wildman–Crippen MR) is 115 cm³/mol. The number of thiocarbonyl (C=S) groups is 1. The smallest absolute Gasteiger partial charge is 0.266 e. The highest BCUT2D eigenvalue weighted by molar-refractivity contribution is 8.26. The number of azide groups is 1. The third-order valence-corrected chi connectivity index (χ3v) is 5.37. The van der Waals surface area contributed by atoms with Crippen LogP contribution in [0.4, 0.5) is 5.69 Å². The van der Waals surface area contributed by atoms with E-state index in [0.29, 0.717) is 34.3 Å². The van der Waals surface area contributed by atoms with Crippen LogP contribution in [0.2, 0.25) is 0 Å². The zero-order chi connectivity index (χ0) is 21.2. The second-order valence-electron chi connectivity index (χ2n) is 5.94. The maximum atomic E-state index is 12.6. The minimum atomic E-state index is -0.312. The summed E-state index contributed by atoms with van der Waals surface area (Å²) >= 11 is 6.39. The summed E-state index contributed by atoms with van der Waals surface area (Å²) in [6.07, 6.45) is 2.72. The number of nitrogens with one attached hydrogen (secondary N) is 1. The van der Waals surface area contributed by atoms with Gasteiger partial charge in [-0.2, -0.15) is 0 Å². The number of carbonyl (C=O) groups excluding carboxylic acids is 2. The maximum Gasteiger partial charge on any atom is 0.266 e. The monoisotopic (exact) mass is 435 g/mol. The fourth-order valence-electron chi connectivity index (χ4n) is 2.50. The maximum absolute atomic E-state index is 12.6. The summed E-state index contributed by atoms with van der Waals surface area (Å²) < 4.78 is 10.5. The third-order valence-electron chi connectivity index (χ3n) is 3.99. The van der Waals surface area contributed by atoms with Gasteiger partial charge in [0.2, 0.25) is 5.91 Å². The molecule has 29 heavy (non-hydrogen) atoms. The Labute approximate surface area is 178 Å². The Morgan fingerprint density at radius 1 is 1.38 bits per heavy atom. The Balaban J connectivity index is 1.89. The van der Waals surface area contributed by atoms with Gasteiger partial charge in [-0.1, -0.05) is 53.4 Å². The van der Waals surface area contributed by atoms with E-state index in [0.717, 1.165) is 17.3 Å². The molecule has 1 heterocycles. The van der Waals surface area contributed by atoms with Gasteiger partial charge in [-0.15, -0.1) is 0 Å². The Morgan fingerprint density at radius 2 is 2.07 bits per heavy atom. The molecule has 0 saturated carbocycles. The molecule has 0 aromatic heterocycles. The molecular weight excluding hydrogens is 414 g/mol. The highest BCUT2D eigenvalue weighted by Gasteiger charge is 2.33. The zero-order valence-corrected chi connectivity index (χ0v) is 17.7.